The fourth-order valence-corrected chi connectivity index (χ4v) is 4.59. The number of rotatable bonds is 10. The number of likely N-dealkylation sites (tertiary alicyclic amines) is 1. The molecule has 1 saturated heterocycles. The van der Waals surface area contributed by atoms with Gasteiger partial charge in [-0.2, -0.15) is 0 Å². The van der Waals surface area contributed by atoms with Crippen molar-refractivity contribution in [2.24, 2.45) is 11.8 Å². The lowest BCUT2D eigenvalue weighted by atomic mass is 9.93. The lowest BCUT2D eigenvalue weighted by Gasteiger charge is -2.41. The number of carbonyl (C=O) groups excluding carboxylic acids is 1. The van der Waals surface area contributed by atoms with E-state index in [-0.39, 0.29) is 42.7 Å². The Bertz CT molecular complexity index is 937. The summed E-state index contributed by atoms with van der Waals surface area (Å²) in [4.78, 5) is 34.2. The van der Waals surface area contributed by atoms with Crippen LogP contribution in [-0.4, -0.2) is 82.8 Å². The SMILES string of the molecule is COCCCCn1c(C(=O)N(CC(C)C)[C@H]2C[C@@H](C(=O)O)CN(C)C2)nc2ccccc21.Cl.Cl. The number of piperidine rings is 1. The van der Waals surface area contributed by atoms with Gasteiger partial charge in [-0.05, 0) is 44.4 Å². The van der Waals surface area contributed by atoms with Crippen LogP contribution in [0.15, 0.2) is 24.3 Å². The van der Waals surface area contributed by atoms with E-state index >= 15 is 0 Å². The molecule has 1 aliphatic rings. The Morgan fingerprint density at radius 1 is 1.21 bits per heavy atom. The standard InChI is InChI=1S/C24H36N4O4.2ClH/c1-17(2)14-28(19-13-18(24(30)31)15-26(3)16-19)23(29)22-25-20-9-5-6-10-21(20)27(22)11-7-8-12-32-4;;/h5-6,9-10,17-19H,7-8,11-16H2,1-4H3,(H,30,31);2*1H/t18-,19+;;/m1../s1. The van der Waals surface area contributed by atoms with Gasteiger partial charge in [0.15, 0.2) is 5.82 Å². The maximum Gasteiger partial charge on any atom is 0.307 e. The first-order valence-corrected chi connectivity index (χ1v) is 11.5. The number of amides is 1. The zero-order valence-corrected chi connectivity index (χ0v) is 22.1. The number of aryl methyl sites for hydroxylation is 1. The van der Waals surface area contributed by atoms with Crippen LogP contribution in [0.4, 0.5) is 0 Å². The number of carboxylic acids is 1. The first kappa shape index (κ1) is 30.2. The van der Waals surface area contributed by atoms with Crippen molar-refractivity contribution < 1.29 is 19.4 Å². The van der Waals surface area contributed by atoms with E-state index in [0.29, 0.717) is 45.0 Å². The van der Waals surface area contributed by atoms with Gasteiger partial charge < -0.3 is 24.2 Å². The molecule has 1 fully saturated rings. The quantitative estimate of drug-likeness (QED) is 0.483. The summed E-state index contributed by atoms with van der Waals surface area (Å²) in [6, 6.07) is 7.66. The number of halogens is 2. The molecule has 2 heterocycles. The highest BCUT2D eigenvalue weighted by Crippen LogP contribution is 2.25. The van der Waals surface area contributed by atoms with E-state index in [1.54, 1.807) is 7.11 Å². The van der Waals surface area contributed by atoms with Crippen molar-refractivity contribution in [1.82, 2.24) is 19.4 Å². The Morgan fingerprint density at radius 3 is 2.56 bits per heavy atom. The van der Waals surface area contributed by atoms with E-state index < -0.39 is 11.9 Å². The van der Waals surface area contributed by atoms with E-state index in [4.69, 9.17) is 9.72 Å². The molecule has 8 nitrogen and oxygen atoms in total. The Kier molecular flexibility index (Phi) is 12.3. The predicted octanol–water partition coefficient (Wildman–Crippen LogP) is 3.81. The van der Waals surface area contributed by atoms with Crippen LogP contribution in [0.25, 0.3) is 11.0 Å². The van der Waals surface area contributed by atoms with Gasteiger partial charge in [-0.3, -0.25) is 9.59 Å². The van der Waals surface area contributed by atoms with Crippen LogP contribution in [0.2, 0.25) is 0 Å². The number of hydrogen-bond acceptors (Lipinski definition) is 5. The maximum absolute atomic E-state index is 13.9. The smallest absolute Gasteiger partial charge is 0.307 e. The second-order valence-corrected chi connectivity index (χ2v) is 9.27. The lowest BCUT2D eigenvalue weighted by molar-refractivity contribution is -0.144. The van der Waals surface area contributed by atoms with Gasteiger partial charge in [0, 0.05) is 45.9 Å². The number of aliphatic carboxylic acids is 1. The summed E-state index contributed by atoms with van der Waals surface area (Å²) in [6.45, 7) is 7.26. The molecule has 0 radical (unpaired) electrons. The Morgan fingerprint density at radius 2 is 1.91 bits per heavy atom. The number of nitrogens with zero attached hydrogens (tertiary/aromatic N) is 4. The average molecular weight is 517 g/mol. The number of imidazole rings is 1. The molecule has 1 aromatic heterocycles. The van der Waals surface area contributed by atoms with Crippen molar-refractivity contribution in [3.63, 3.8) is 0 Å². The van der Waals surface area contributed by atoms with Crippen LogP contribution in [0.1, 0.15) is 43.7 Å². The lowest BCUT2D eigenvalue weighted by Crippen LogP contribution is -2.54. The molecule has 1 N–H and O–H groups in total. The molecule has 1 aliphatic heterocycles. The van der Waals surface area contributed by atoms with E-state index in [2.05, 4.69) is 13.8 Å². The predicted molar refractivity (Wildman–Crippen MR) is 138 cm³/mol. The average Bonchev–Trinajstić information content (AvgIpc) is 3.12. The Labute approximate surface area is 214 Å². The summed E-state index contributed by atoms with van der Waals surface area (Å²) < 4.78 is 7.19. The largest absolute Gasteiger partial charge is 0.481 e. The number of benzene rings is 1. The van der Waals surface area contributed by atoms with Gasteiger partial charge in [-0.1, -0.05) is 26.0 Å². The summed E-state index contributed by atoms with van der Waals surface area (Å²) in [5.74, 6) is -0.706. The number of fused-ring (bicyclic) bond motifs is 1. The molecular formula is C24H38Cl2N4O4. The van der Waals surface area contributed by atoms with Gasteiger partial charge in [0.25, 0.3) is 5.91 Å². The van der Waals surface area contributed by atoms with Crippen LogP contribution in [0.3, 0.4) is 0 Å². The zero-order chi connectivity index (χ0) is 23.3. The van der Waals surface area contributed by atoms with Gasteiger partial charge in [-0.15, -0.1) is 24.8 Å². The van der Waals surface area contributed by atoms with Crippen molar-refractivity contribution in [1.29, 1.82) is 0 Å². The Hall–Kier alpha value is -1.87. The third-order valence-corrected chi connectivity index (χ3v) is 6.05. The number of unbranched alkanes of at least 4 members (excludes halogenated alkanes) is 1. The number of carbonyl (C=O) groups is 2. The van der Waals surface area contributed by atoms with E-state index in [1.807, 2.05) is 45.7 Å². The summed E-state index contributed by atoms with van der Waals surface area (Å²) in [6.07, 6.45) is 2.25. The summed E-state index contributed by atoms with van der Waals surface area (Å²) in [5.41, 5.74) is 1.75. The maximum atomic E-state index is 13.9. The number of para-hydroxylation sites is 2. The van der Waals surface area contributed by atoms with Crippen molar-refractivity contribution in [3.05, 3.63) is 30.1 Å². The summed E-state index contributed by atoms with van der Waals surface area (Å²) in [7, 11) is 3.61. The third kappa shape index (κ3) is 7.31. The Balaban J connectivity index is 0.00000289. The monoisotopic (exact) mass is 516 g/mol. The van der Waals surface area contributed by atoms with E-state index in [0.717, 1.165) is 23.9 Å². The minimum Gasteiger partial charge on any atom is -0.481 e. The van der Waals surface area contributed by atoms with Gasteiger partial charge in [0.2, 0.25) is 0 Å². The first-order chi connectivity index (χ1) is 15.3. The molecular weight excluding hydrogens is 479 g/mol. The summed E-state index contributed by atoms with van der Waals surface area (Å²) in [5, 5.41) is 9.62. The molecule has 2 aromatic rings. The zero-order valence-electron chi connectivity index (χ0n) is 20.5. The number of carboxylic acid groups (broad SMARTS) is 1. The number of hydrogen-bond donors (Lipinski definition) is 1. The third-order valence-electron chi connectivity index (χ3n) is 6.05. The molecule has 0 saturated carbocycles. The van der Waals surface area contributed by atoms with Gasteiger partial charge in [0.1, 0.15) is 0 Å². The molecule has 0 bridgehead atoms. The van der Waals surface area contributed by atoms with Crippen LogP contribution < -0.4 is 0 Å². The fourth-order valence-electron chi connectivity index (χ4n) is 4.59. The van der Waals surface area contributed by atoms with Crippen molar-refractivity contribution >= 4 is 47.7 Å². The molecule has 192 valence electrons. The molecule has 34 heavy (non-hydrogen) atoms. The van der Waals surface area contributed by atoms with Gasteiger partial charge in [0.05, 0.1) is 17.0 Å². The normalized spacial score (nSPS) is 18.4. The second kappa shape index (κ2) is 13.9. The minimum atomic E-state index is -0.802. The molecule has 0 spiro atoms. The fraction of sp³-hybridized carbons (Fsp3) is 0.625. The molecule has 1 amide bonds. The van der Waals surface area contributed by atoms with Crippen LogP contribution in [0.5, 0.6) is 0 Å². The number of aromatic nitrogens is 2. The number of methoxy groups -OCH3 is 1. The van der Waals surface area contributed by atoms with Crippen LogP contribution >= 0.6 is 24.8 Å². The number of likely N-dealkylation sites (N-methyl/N-ethyl adjacent to an activating group) is 1. The highest BCUT2D eigenvalue weighted by atomic mass is 35.5. The minimum absolute atomic E-state index is 0. The number of ether oxygens (including phenoxy) is 1. The van der Waals surface area contributed by atoms with Crippen LogP contribution in [0, 0.1) is 11.8 Å². The molecule has 1 aromatic carbocycles. The molecule has 0 aliphatic carbocycles. The second-order valence-electron chi connectivity index (χ2n) is 9.27. The van der Waals surface area contributed by atoms with Gasteiger partial charge >= 0.3 is 5.97 Å². The van der Waals surface area contributed by atoms with Crippen molar-refractivity contribution in [2.75, 3.05) is 40.4 Å². The topological polar surface area (TPSA) is 87.9 Å². The van der Waals surface area contributed by atoms with E-state index in [1.165, 1.54) is 0 Å². The van der Waals surface area contributed by atoms with Crippen molar-refractivity contribution in [2.45, 2.75) is 45.7 Å². The van der Waals surface area contributed by atoms with Crippen molar-refractivity contribution in [3.8, 4) is 0 Å². The molecule has 3 rings (SSSR count). The highest BCUT2D eigenvalue weighted by molar-refractivity contribution is 5.95. The molecule has 2 atom stereocenters. The first-order valence-electron chi connectivity index (χ1n) is 11.5. The van der Waals surface area contributed by atoms with Gasteiger partial charge in [-0.25, -0.2) is 4.98 Å². The molecule has 10 heteroatoms. The summed E-state index contributed by atoms with van der Waals surface area (Å²) >= 11 is 0. The van der Waals surface area contributed by atoms with Crippen LogP contribution in [-0.2, 0) is 16.1 Å². The van der Waals surface area contributed by atoms with E-state index in [9.17, 15) is 14.7 Å². The highest BCUT2D eigenvalue weighted by Gasteiger charge is 2.36. The molecule has 0 unspecified atom stereocenters.